The molecule has 1 aromatic rings. The van der Waals surface area contributed by atoms with Crippen LogP contribution in [0.5, 0.6) is 0 Å². The quantitative estimate of drug-likeness (QED) is 0.776. The number of hydrogen-bond acceptors (Lipinski definition) is 4. The van der Waals surface area contributed by atoms with Gasteiger partial charge in [0.25, 0.3) is 0 Å². The summed E-state index contributed by atoms with van der Waals surface area (Å²) in [5, 5.41) is 7.34. The first-order chi connectivity index (χ1) is 6.79. The molecule has 1 fully saturated rings. The van der Waals surface area contributed by atoms with Crippen LogP contribution in [-0.4, -0.2) is 22.7 Å². The molecule has 1 aliphatic heterocycles. The van der Waals surface area contributed by atoms with Crippen LogP contribution < -0.4 is 5.32 Å². The normalized spacial score (nSPS) is 27.9. The van der Waals surface area contributed by atoms with Crippen molar-refractivity contribution in [3.05, 3.63) is 11.7 Å². The Morgan fingerprint density at radius 1 is 1.57 bits per heavy atom. The number of rotatable bonds is 2. The van der Waals surface area contributed by atoms with Crippen molar-refractivity contribution in [2.75, 3.05) is 6.54 Å². The fourth-order valence-corrected chi connectivity index (χ4v) is 1.93. The van der Waals surface area contributed by atoms with E-state index in [2.05, 4.69) is 22.4 Å². The van der Waals surface area contributed by atoms with Crippen molar-refractivity contribution >= 4 is 0 Å². The van der Waals surface area contributed by atoms with Crippen molar-refractivity contribution < 1.29 is 4.52 Å². The Morgan fingerprint density at radius 2 is 2.43 bits per heavy atom. The molecule has 78 valence electrons. The number of aryl methyl sites for hydroxylation is 1. The van der Waals surface area contributed by atoms with Crippen molar-refractivity contribution in [1.29, 1.82) is 0 Å². The zero-order valence-electron chi connectivity index (χ0n) is 8.79. The van der Waals surface area contributed by atoms with E-state index in [-0.39, 0.29) is 0 Å². The highest BCUT2D eigenvalue weighted by atomic mass is 16.5. The molecule has 2 heterocycles. The smallest absolute Gasteiger partial charge is 0.229 e. The Kier molecular flexibility index (Phi) is 2.82. The minimum Gasteiger partial charge on any atom is -0.339 e. The summed E-state index contributed by atoms with van der Waals surface area (Å²) in [4.78, 5) is 4.38. The van der Waals surface area contributed by atoms with Crippen molar-refractivity contribution in [2.24, 2.45) is 0 Å². The summed E-state index contributed by atoms with van der Waals surface area (Å²) in [6.45, 7) is 5.29. The van der Waals surface area contributed by atoms with Gasteiger partial charge < -0.3 is 9.84 Å². The number of aromatic nitrogens is 2. The zero-order chi connectivity index (χ0) is 9.97. The lowest BCUT2D eigenvalue weighted by Crippen LogP contribution is -2.34. The van der Waals surface area contributed by atoms with Gasteiger partial charge in [-0.1, -0.05) is 12.1 Å². The van der Waals surface area contributed by atoms with E-state index in [0.717, 1.165) is 37.5 Å². The van der Waals surface area contributed by atoms with Gasteiger partial charge in [-0.05, 0) is 26.3 Å². The third-order valence-electron chi connectivity index (χ3n) is 2.77. The van der Waals surface area contributed by atoms with Crippen molar-refractivity contribution in [3.8, 4) is 0 Å². The van der Waals surface area contributed by atoms with E-state index in [1.54, 1.807) is 0 Å². The molecule has 0 spiro atoms. The number of nitrogens with one attached hydrogen (secondary N) is 1. The Hall–Kier alpha value is -0.900. The maximum Gasteiger partial charge on any atom is 0.229 e. The van der Waals surface area contributed by atoms with Crippen molar-refractivity contribution in [2.45, 2.75) is 45.1 Å². The Labute approximate surface area is 84.1 Å². The second-order valence-corrected chi connectivity index (χ2v) is 3.98. The Balaban J connectivity index is 2.06. The molecule has 2 atom stereocenters. The molecule has 0 bridgehead atoms. The van der Waals surface area contributed by atoms with Crippen LogP contribution in [0.1, 0.15) is 44.3 Å². The predicted molar refractivity (Wildman–Crippen MR) is 53.1 cm³/mol. The molecule has 1 N–H and O–H groups in total. The van der Waals surface area contributed by atoms with Gasteiger partial charge in [-0.3, -0.25) is 0 Å². The third-order valence-corrected chi connectivity index (χ3v) is 2.77. The lowest BCUT2D eigenvalue weighted by atomic mass is 9.93. The monoisotopic (exact) mass is 195 g/mol. The van der Waals surface area contributed by atoms with Gasteiger partial charge in [-0.2, -0.15) is 4.98 Å². The van der Waals surface area contributed by atoms with Crippen LogP contribution in [0.2, 0.25) is 0 Å². The topological polar surface area (TPSA) is 51.0 Å². The molecule has 0 aromatic carbocycles. The minimum atomic E-state index is 0.457. The maximum atomic E-state index is 5.25. The molecule has 0 saturated carbocycles. The molecule has 4 nitrogen and oxygen atoms in total. The summed E-state index contributed by atoms with van der Waals surface area (Å²) in [6.07, 6.45) is 3.06. The van der Waals surface area contributed by atoms with Crippen molar-refractivity contribution in [3.63, 3.8) is 0 Å². The van der Waals surface area contributed by atoms with Gasteiger partial charge in [0.15, 0.2) is 5.82 Å². The van der Waals surface area contributed by atoms with Gasteiger partial charge in [0, 0.05) is 18.4 Å². The van der Waals surface area contributed by atoms with E-state index in [9.17, 15) is 0 Å². The largest absolute Gasteiger partial charge is 0.339 e. The van der Waals surface area contributed by atoms with Gasteiger partial charge in [0.2, 0.25) is 5.89 Å². The highest BCUT2D eigenvalue weighted by molar-refractivity contribution is 4.97. The first-order valence-electron chi connectivity index (χ1n) is 5.35. The summed E-state index contributed by atoms with van der Waals surface area (Å²) in [5.41, 5.74) is 0. The van der Waals surface area contributed by atoms with Crippen LogP contribution in [0.4, 0.5) is 0 Å². The fraction of sp³-hybridized carbons (Fsp3) is 0.800. The zero-order valence-corrected chi connectivity index (χ0v) is 8.79. The van der Waals surface area contributed by atoms with Crippen LogP contribution in [0.15, 0.2) is 4.52 Å². The molecule has 0 radical (unpaired) electrons. The third kappa shape index (κ3) is 1.95. The molecule has 0 unspecified atom stereocenters. The van der Waals surface area contributed by atoms with Gasteiger partial charge >= 0.3 is 0 Å². The molecule has 14 heavy (non-hydrogen) atoms. The SMILES string of the molecule is CCc1noc([C@H]2CCN[C@@H](C)C2)n1. The molecule has 1 aliphatic rings. The number of hydrogen-bond donors (Lipinski definition) is 1. The molecular formula is C10H17N3O. The van der Waals surface area contributed by atoms with Crippen LogP contribution in [0.3, 0.4) is 0 Å². The first-order valence-corrected chi connectivity index (χ1v) is 5.35. The Bertz CT molecular complexity index is 297. The average Bonchev–Trinajstić information content (AvgIpc) is 2.66. The van der Waals surface area contributed by atoms with E-state index in [1.807, 2.05) is 6.92 Å². The van der Waals surface area contributed by atoms with Gasteiger partial charge in [0.1, 0.15) is 0 Å². The summed E-state index contributed by atoms with van der Waals surface area (Å²) >= 11 is 0. The van der Waals surface area contributed by atoms with E-state index in [4.69, 9.17) is 4.52 Å². The van der Waals surface area contributed by atoms with E-state index < -0.39 is 0 Å². The molecule has 2 rings (SSSR count). The highest BCUT2D eigenvalue weighted by Gasteiger charge is 2.24. The molecule has 1 aromatic heterocycles. The summed E-state index contributed by atoms with van der Waals surface area (Å²) in [5.74, 6) is 2.11. The van der Waals surface area contributed by atoms with Crippen molar-refractivity contribution in [1.82, 2.24) is 15.5 Å². The second kappa shape index (κ2) is 4.09. The Morgan fingerprint density at radius 3 is 3.07 bits per heavy atom. The summed E-state index contributed by atoms with van der Waals surface area (Å²) in [7, 11) is 0. The lowest BCUT2D eigenvalue weighted by Gasteiger charge is -2.25. The molecule has 1 saturated heterocycles. The minimum absolute atomic E-state index is 0.457. The van der Waals surface area contributed by atoms with Gasteiger partial charge in [0.05, 0.1) is 0 Å². The first kappa shape index (κ1) is 9.65. The van der Waals surface area contributed by atoms with E-state index in [1.165, 1.54) is 0 Å². The van der Waals surface area contributed by atoms with Crippen LogP contribution >= 0.6 is 0 Å². The standard InChI is InChI=1S/C10H17N3O/c1-3-9-12-10(14-13-9)8-4-5-11-7(2)6-8/h7-8,11H,3-6H2,1-2H3/t7-,8-/m0/s1. The fourth-order valence-electron chi connectivity index (χ4n) is 1.93. The predicted octanol–water partition coefficient (Wildman–Crippen LogP) is 1.49. The molecular weight excluding hydrogens is 178 g/mol. The number of nitrogens with zero attached hydrogens (tertiary/aromatic N) is 2. The highest BCUT2D eigenvalue weighted by Crippen LogP contribution is 2.26. The van der Waals surface area contributed by atoms with E-state index in [0.29, 0.717) is 12.0 Å². The van der Waals surface area contributed by atoms with Crippen LogP contribution in [0, 0.1) is 0 Å². The number of piperidine rings is 1. The average molecular weight is 195 g/mol. The van der Waals surface area contributed by atoms with E-state index >= 15 is 0 Å². The summed E-state index contributed by atoms with van der Waals surface area (Å²) in [6, 6.07) is 0.561. The van der Waals surface area contributed by atoms with Gasteiger partial charge in [-0.15, -0.1) is 0 Å². The molecule has 0 amide bonds. The lowest BCUT2D eigenvalue weighted by molar-refractivity contribution is 0.294. The maximum absolute atomic E-state index is 5.25. The van der Waals surface area contributed by atoms with Crippen LogP contribution in [0.25, 0.3) is 0 Å². The van der Waals surface area contributed by atoms with Crippen LogP contribution in [-0.2, 0) is 6.42 Å². The molecule has 4 heteroatoms. The summed E-state index contributed by atoms with van der Waals surface area (Å²) < 4.78 is 5.25. The second-order valence-electron chi connectivity index (χ2n) is 3.98. The van der Waals surface area contributed by atoms with Gasteiger partial charge in [-0.25, -0.2) is 0 Å². The molecule has 0 aliphatic carbocycles.